The summed E-state index contributed by atoms with van der Waals surface area (Å²) in [5.74, 6) is 1.37. The van der Waals surface area contributed by atoms with Crippen molar-refractivity contribution in [3.05, 3.63) is 35.3 Å². The molecule has 25 heavy (non-hydrogen) atoms. The maximum Gasteiger partial charge on any atom is 0.263 e. The van der Waals surface area contributed by atoms with Crippen molar-refractivity contribution in [1.82, 2.24) is 15.2 Å². The molecule has 1 aromatic heterocycles. The lowest BCUT2D eigenvalue weighted by Crippen LogP contribution is -2.62. The molecule has 6 heteroatoms. The van der Waals surface area contributed by atoms with E-state index in [9.17, 15) is 4.79 Å². The van der Waals surface area contributed by atoms with Crippen LogP contribution >= 0.6 is 11.3 Å². The average molecular weight is 357 g/mol. The molecule has 0 aliphatic carbocycles. The van der Waals surface area contributed by atoms with Crippen LogP contribution in [-0.2, 0) is 0 Å². The molecule has 5 nitrogen and oxygen atoms in total. The fraction of sp³-hybridized carbons (Fsp3) is 0.474. The van der Waals surface area contributed by atoms with Gasteiger partial charge in [0.25, 0.3) is 5.91 Å². The van der Waals surface area contributed by atoms with E-state index >= 15 is 0 Å². The lowest BCUT2D eigenvalue weighted by Gasteiger charge is -2.49. The third-order valence-electron chi connectivity index (χ3n) is 5.54. The van der Waals surface area contributed by atoms with E-state index in [1.54, 1.807) is 13.3 Å². The predicted molar refractivity (Wildman–Crippen MR) is 99.1 cm³/mol. The van der Waals surface area contributed by atoms with Crippen LogP contribution in [0.25, 0.3) is 10.6 Å². The van der Waals surface area contributed by atoms with E-state index in [4.69, 9.17) is 4.74 Å². The second kappa shape index (κ2) is 6.77. The number of aromatic nitrogens is 1. The quantitative estimate of drug-likeness (QED) is 0.914. The second-order valence-corrected chi connectivity index (χ2v) is 7.87. The highest BCUT2D eigenvalue weighted by Gasteiger charge is 2.40. The molecule has 3 fully saturated rings. The van der Waals surface area contributed by atoms with Crippen LogP contribution in [0.4, 0.5) is 0 Å². The smallest absolute Gasteiger partial charge is 0.263 e. The summed E-state index contributed by atoms with van der Waals surface area (Å²) >= 11 is 1.42. The van der Waals surface area contributed by atoms with Gasteiger partial charge in [0.05, 0.1) is 18.9 Å². The van der Waals surface area contributed by atoms with E-state index in [0.29, 0.717) is 16.8 Å². The Morgan fingerprint density at radius 1 is 1.32 bits per heavy atom. The van der Waals surface area contributed by atoms with Crippen LogP contribution < -0.4 is 10.1 Å². The van der Waals surface area contributed by atoms with Crippen LogP contribution in [0.5, 0.6) is 5.75 Å². The molecular formula is C19H23N3O2S. The first-order valence-corrected chi connectivity index (χ1v) is 9.63. The number of nitrogens with one attached hydrogen (secondary N) is 1. The highest BCUT2D eigenvalue weighted by atomic mass is 32.1. The first-order chi connectivity index (χ1) is 12.2. The monoisotopic (exact) mass is 357 g/mol. The molecule has 3 aliphatic heterocycles. The molecule has 3 aliphatic rings. The topological polar surface area (TPSA) is 54.5 Å². The van der Waals surface area contributed by atoms with Crippen molar-refractivity contribution in [2.24, 2.45) is 5.92 Å². The summed E-state index contributed by atoms with van der Waals surface area (Å²) < 4.78 is 5.40. The molecular weight excluding hydrogens is 334 g/mol. The maximum absolute atomic E-state index is 12.7. The molecule has 132 valence electrons. The second-order valence-electron chi connectivity index (χ2n) is 6.84. The van der Waals surface area contributed by atoms with E-state index in [1.807, 2.05) is 24.3 Å². The number of ether oxygens (including phenoxy) is 1. The van der Waals surface area contributed by atoms with Gasteiger partial charge in [-0.25, -0.2) is 4.98 Å². The van der Waals surface area contributed by atoms with Crippen molar-refractivity contribution in [3.63, 3.8) is 0 Å². The van der Waals surface area contributed by atoms with Crippen molar-refractivity contribution in [1.29, 1.82) is 0 Å². The van der Waals surface area contributed by atoms with E-state index < -0.39 is 0 Å². The molecule has 5 rings (SSSR count). The Hall–Kier alpha value is -1.92. The normalized spacial score (nSPS) is 27.9. The Bertz CT molecular complexity index is 766. The minimum atomic E-state index is -0.00996. The molecule has 0 radical (unpaired) electrons. The minimum Gasteiger partial charge on any atom is -0.496 e. The van der Waals surface area contributed by atoms with Crippen molar-refractivity contribution in [3.8, 4) is 16.3 Å². The molecule has 2 bridgehead atoms. The fourth-order valence-corrected chi connectivity index (χ4v) is 4.94. The Morgan fingerprint density at radius 2 is 2.08 bits per heavy atom. The number of hydrogen-bond donors (Lipinski definition) is 1. The third-order valence-corrected chi connectivity index (χ3v) is 6.57. The van der Waals surface area contributed by atoms with Crippen LogP contribution in [0.15, 0.2) is 30.5 Å². The van der Waals surface area contributed by atoms with Gasteiger partial charge in [-0.2, -0.15) is 0 Å². The van der Waals surface area contributed by atoms with Gasteiger partial charge >= 0.3 is 0 Å². The van der Waals surface area contributed by atoms with Gasteiger partial charge in [0.2, 0.25) is 0 Å². The zero-order valence-electron chi connectivity index (χ0n) is 14.6. The predicted octanol–water partition coefficient (Wildman–Crippen LogP) is 3.03. The van der Waals surface area contributed by atoms with Crippen LogP contribution in [0.2, 0.25) is 0 Å². The van der Waals surface area contributed by atoms with E-state index in [1.165, 1.54) is 24.2 Å². The maximum atomic E-state index is 12.7. The molecule has 2 unspecified atom stereocenters. The number of carbonyl (C=O) groups excluding carboxylic acids is 1. The van der Waals surface area contributed by atoms with Crippen LogP contribution in [-0.4, -0.2) is 48.1 Å². The molecule has 4 heterocycles. The number of hydrogen-bond acceptors (Lipinski definition) is 5. The number of thiazole rings is 1. The van der Waals surface area contributed by atoms with Gasteiger partial charge in [-0.05, 0) is 50.9 Å². The standard InChI is InChI=1S/C19H23N3O2S/c1-12-17(13-7-9-22(12)10-8-13)21-18(23)16-11-20-19(25-16)14-5-3-4-6-15(14)24-2/h3-6,11-13,17H,7-10H2,1-2H3,(H,21,23). The molecule has 3 saturated heterocycles. The summed E-state index contributed by atoms with van der Waals surface area (Å²) in [5.41, 5.74) is 0.922. The highest BCUT2D eigenvalue weighted by molar-refractivity contribution is 7.16. The number of para-hydroxylation sites is 1. The Labute approximate surface area is 152 Å². The van der Waals surface area contributed by atoms with Crippen LogP contribution in [0.1, 0.15) is 29.4 Å². The van der Waals surface area contributed by atoms with E-state index in [2.05, 4.69) is 22.1 Å². The molecule has 0 spiro atoms. The largest absolute Gasteiger partial charge is 0.496 e. The zero-order chi connectivity index (χ0) is 17.4. The molecule has 0 saturated carbocycles. The number of rotatable bonds is 4. The van der Waals surface area contributed by atoms with Gasteiger partial charge in [0.1, 0.15) is 15.6 Å². The summed E-state index contributed by atoms with van der Waals surface area (Å²) in [5, 5.41) is 4.08. The Balaban J connectivity index is 1.51. The van der Waals surface area contributed by atoms with Crippen molar-refractivity contribution in [2.75, 3.05) is 20.2 Å². The van der Waals surface area contributed by atoms with Gasteiger partial charge in [-0.3, -0.25) is 9.69 Å². The van der Waals surface area contributed by atoms with E-state index in [0.717, 1.165) is 29.4 Å². The lowest BCUT2D eigenvalue weighted by molar-refractivity contribution is 0.0218. The van der Waals surface area contributed by atoms with E-state index in [-0.39, 0.29) is 11.9 Å². The number of methoxy groups -OCH3 is 1. The van der Waals surface area contributed by atoms with Crippen molar-refractivity contribution in [2.45, 2.75) is 31.8 Å². The first kappa shape index (κ1) is 16.5. The third kappa shape index (κ3) is 3.04. The summed E-state index contributed by atoms with van der Waals surface area (Å²) in [6, 6.07) is 8.41. The van der Waals surface area contributed by atoms with Gasteiger partial charge in [0.15, 0.2) is 0 Å². The SMILES string of the molecule is COc1ccccc1-c1ncc(C(=O)NC2C3CCN(CC3)C2C)s1. The average Bonchev–Trinajstić information content (AvgIpc) is 3.15. The fourth-order valence-electron chi connectivity index (χ4n) is 4.09. The number of benzene rings is 1. The first-order valence-electron chi connectivity index (χ1n) is 8.81. The van der Waals surface area contributed by atoms with Crippen LogP contribution in [0.3, 0.4) is 0 Å². The Kier molecular flexibility index (Phi) is 4.48. The molecule has 1 aromatic carbocycles. The minimum absolute atomic E-state index is 0.00996. The number of fused-ring (bicyclic) bond motifs is 3. The zero-order valence-corrected chi connectivity index (χ0v) is 15.4. The molecule has 2 atom stereocenters. The summed E-state index contributed by atoms with van der Waals surface area (Å²) in [6.45, 7) is 4.55. The highest BCUT2D eigenvalue weighted by Crippen LogP contribution is 2.34. The molecule has 1 N–H and O–H groups in total. The summed E-state index contributed by atoms with van der Waals surface area (Å²) in [6.07, 6.45) is 4.04. The van der Waals surface area contributed by atoms with Gasteiger partial charge in [-0.1, -0.05) is 12.1 Å². The van der Waals surface area contributed by atoms with Gasteiger partial charge < -0.3 is 10.1 Å². The molecule has 2 aromatic rings. The number of nitrogens with zero attached hydrogens (tertiary/aromatic N) is 2. The summed E-state index contributed by atoms with van der Waals surface area (Å²) in [4.78, 5) is 20.3. The lowest BCUT2D eigenvalue weighted by atomic mass is 9.79. The molecule has 1 amide bonds. The van der Waals surface area contributed by atoms with Crippen LogP contribution in [0, 0.1) is 5.92 Å². The van der Waals surface area contributed by atoms with Gasteiger partial charge in [0, 0.05) is 12.1 Å². The number of amides is 1. The summed E-state index contributed by atoms with van der Waals surface area (Å²) in [7, 11) is 1.65. The van der Waals surface area contributed by atoms with Gasteiger partial charge in [-0.15, -0.1) is 11.3 Å². The number of carbonyl (C=O) groups is 1. The van der Waals surface area contributed by atoms with Crippen molar-refractivity contribution < 1.29 is 9.53 Å². The number of piperidine rings is 3. The van der Waals surface area contributed by atoms with Crippen molar-refractivity contribution >= 4 is 17.2 Å². The Morgan fingerprint density at radius 3 is 2.80 bits per heavy atom.